The predicted molar refractivity (Wildman–Crippen MR) is 121 cm³/mol. The monoisotopic (exact) mass is 416 g/mol. The number of hydrogen-bond acceptors (Lipinski definition) is 5. The molecule has 1 aliphatic heterocycles. The normalized spacial score (nSPS) is 16.4. The topological polar surface area (TPSA) is 62.1 Å². The van der Waals surface area contributed by atoms with Crippen LogP contribution < -0.4 is 4.74 Å². The Balaban J connectivity index is 1.72. The van der Waals surface area contributed by atoms with E-state index in [2.05, 4.69) is 0 Å². The van der Waals surface area contributed by atoms with Crippen molar-refractivity contribution in [2.75, 3.05) is 7.11 Å². The first-order valence-electron chi connectivity index (χ1n) is 9.41. The standard InChI is InChI=1S/C24H20N2O3S/c1-29-20-14-8-11-18(22(20)27)15-21-23(28)26(16-17-9-4-2-5-10-17)24(30-21)25-19-12-6-3-7-13-19/h2-15,27H,16H2,1H3/b21-15-,25-24?. The van der Waals surface area contributed by atoms with Crippen LogP contribution in [0.1, 0.15) is 11.1 Å². The fraction of sp³-hybridized carbons (Fsp3) is 0.0833. The molecule has 6 heteroatoms. The number of hydrogen-bond donors (Lipinski definition) is 1. The maximum atomic E-state index is 13.2. The van der Waals surface area contributed by atoms with Gasteiger partial charge in [-0.1, -0.05) is 60.7 Å². The Morgan fingerprint density at radius 2 is 1.70 bits per heavy atom. The molecule has 0 bridgehead atoms. The Hall–Kier alpha value is -3.51. The minimum atomic E-state index is -0.152. The minimum absolute atomic E-state index is 0.00366. The number of amides is 1. The summed E-state index contributed by atoms with van der Waals surface area (Å²) in [6.07, 6.45) is 1.68. The number of amidine groups is 1. The molecule has 1 aliphatic rings. The summed E-state index contributed by atoms with van der Waals surface area (Å²) in [6, 6.07) is 24.5. The van der Waals surface area contributed by atoms with Crippen LogP contribution in [0, 0.1) is 0 Å². The molecule has 3 aromatic rings. The van der Waals surface area contributed by atoms with Gasteiger partial charge < -0.3 is 9.84 Å². The molecule has 1 heterocycles. The van der Waals surface area contributed by atoms with Crippen LogP contribution in [0.15, 0.2) is 88.8 Å². The molecule has 30 heavy (non-hydrogen) atoms. The second kappa shape index (κ2) is 8.88. The van der Waals surface area contributed by atoms with E-state index in [1.54, 1.807) is 29.2 Å². The number of rotatable bonds is 5. The van der Waals surface area contributed by atoms with Gasteiger partial charge in [-0.15, -0.1) is 0 Å². The first-order valence-corrected chi connectivity index (χ1v) is 10.2. The van der Waals surface area contributed by atoms with Crippen molar-refractivity contribution >= 4 is 34.6 Å². The number of aromatic hydroxyl groups is 1. The lowest BCUT2D eigenvalue weighted by Crippen LogP contribution is -2.28. The molecule has 1 saturated heterocycles. The lowest BCUT2D eigenvalue weighted by Gasteiger charge is -2.15. The molecular weight excluding hydrogens is 396 g/mol. The highest BCUT2D eigenvalue weighted by Crippen LogP contribution is 2.38. The number of carbonyl (C=O) groups excluding carboxylic acids is 1. The number of aliphatic imine (C=N–C) groups is 1. The van der Waals surface area contributed by atoms with Gasteiger partial charge >= 0.3 is 0 Å². The number of phenolic OH excluding ortho intramolecular Hbond substituents is 1. The summed E-state index contributed by atoms with van der Waals surface area (Å²) in [4.78, 5) is 20.1. The zero-order valence-electron chi connectivity index (χ0n) is 16.4. The van der Waals surface area contributed by atoms with Crippen molar-refractivity contribution in [1.82, 2.24) is 4.90 Å². The summed E-state index contributed by atoms with van der Waals surface area (Å²) < 4.78 is 5.17. The van der Waals surface area contributed by atoms with Gasteiger partial charge in [0.2, 0.25) is 0 Å². The summed E-state index contributed by atoms with van der Waals surface area (Å²) >= 11 is 1.29. The van der Waals surface area contributed by atoms with Crippen LogP contribution in [0.3, 0.4) is 0 Å². The van der Waals surface area contributed by atoms with Crippen LogP contribution in [0.4, 0.5) is 5.69 Å². The highest BCUT2D eigenvalue weighted by Gasteiger charge is 2.33. The highest BCUT2D eigenvalue weighted by molar-refractivity contribution is 8.18. The molecule has 4 rings (SSSR count). The van der Waals surface area contributed by atoms with Crippen molar-refractivity contribution in [3.63, 3.8) is 0 Å². The molecule has 0 radical (unpaired) electrons. The van der Waals surface area contributed by atoms with Crippen LogP contribution >= 0.6 is 11.8 Å². The average molecular weight is 417 g/mol. The van der Waals surface area contributed by atoms with Crippen LogP contribution in [0.5, 0.6) is 11.5 Å². The van der Waals surface area contributed by atoms with E-state index in [1.807, 2.05) is 60.7 Å². The number of ether oxygens (including phenoxy) is 1. The number of benzene rings is 3. The largest absolute Gasteiger partial charge is 0.504 e. The zero-order chi connectivity index (χ0) is 20.9. The maximum absolute atomic E-state index is 13.2. The third-order valence-electron chi connectivity index (χ3n) is 4.59. The molecule has 0 unspecified atom stereocenters. The smallest absolute Gasteiger partial charge is 0.267 e. The number of carbonyl (C=O) groups is 1. The van der Waals surface area contributed by atoms with E-state index < -0.39 is 0 Å². The second-order valence-electron chi connectivity index (χ2n) is 6.62. The summed E-state index contributed by atoms with van der Waals surface area (Å²) in [7, 11) is 1.49. The fourth-order valence-electron chi connectivity index (χ4n) is 3.07. The van der Waals surface area contributed by atoms with Gasteiger partial charge in [-0.05, 0) is 41.6 Å². The van der Waals surface area contributed by atoms with E-state index in [0.717, 1.165) is 11.3 Å². The van der Waals surface area contributed by atoms with Crippen LogP contribution in [-0.4, -0.2) is 28.2 Å². The third-order valence-corrected chi connectivity index (χ3v) is 5.60. The Kier molecular flexibility index (Phi) is 5.86. The quantitative estimate of drug-likeness (QED) is 0.581. The highest BCUT2D eigenvalue weighted by atomic mass is 32.2. The summed E-state index contributed by atoms with van der Waals surface area (Å²) in [5.41, 5.74) is 2.31. The van der Waals surface area contributed by atoms with Gasteiger partial charge in [-0.2, -0.15) is 0 Å². The molecule has 0 aliphatic carbocycles. The first-order chi connectivity index (χ1) is 14.7. The molecule has 5 nitrogen and oxygen atoms in total. The third kappa shape index (κ3) is 4.23. The average Bonchev–Trinajstić information content (AvgIpc) is 3.05. The van der Waals surface area contributed by atoms with Gasteiger partial charge in [0.15, 0.2) is 16.7 Å². The van der Waals surface area contributed by atoms with Crippen molar-refractivity contribution in [2.24, 2.45) is 4.99 Å². The predicted octanol–water partition coefficient (Wildman–Crippen LogP) is 5.21. The molecule has 0 saturated carbocycles. The molecule has 150 valence electrons. The second-order valence-corrected chi connectivity index (χ2v) is 7.62. The van der Waals surface area contributed by atoms with E-state index in [0.29, 0.717) is 27.9 Å². The molecular formula is C24H20N2O3S. The Bertz CT molecular complexity index is 1110. The van der Waals surface area contributed by atoms with E-state index in [-0.39, 0.29) is 11.7 Å². The van der Waals surface area contributed by atoms with Crippen LogP contribution in [-0.2, 0) is 11.3 Å². The van der Waals surface area contributed by atoms with Gasteiger partial charge in [0, 0.05) is 5.56 Å². The molecule has 0 spiro atoms. The number of nitrogens with zero attached hydrogens (tertiary/aromatic N) is 2. The van der Waals surface area contributed by atoms with E-state index in [9.17, 15) is 9.90 Å². The summed E-state index contributed by atoms with van der Waals surface area (Å²) in [5.74, 6) is 0.212. The number of para-hydroxylation sites is 2. The van der Waals surface area contributed by atoms with Gasteiger partial charge in [0.05, 0.1) is 24.2 Å². The van der Waals surface area contributed by atoms with E-state index >= 15 is 0 Å². The Morgan fingerprint density at radius 1 is 1.00 bits per heavy atom. The van der Waals surface area contributed by atoms with Crippen molar-refractivity contribution in [1.29, 1.82) is 0 Å². The number of methoxy groups -OCH3 is 1. The SMILES string of the molecule is COc1cccc(/C=C2\SC(=Nc3ccccc3)N(Cc3ccccc3)C2=O)c1O. The summed E-state index contributed by atoms with van der Waals surface area (Å²) in [6.45, 7) is 0.416. The summed E-state index contributed by atoms with van der Waals surface area (Å²) in [5, 5.41) is 11.0. The lowest BCUT2D eigenvalue weighted by molar-refractivity contribution is -0.122. The van der Waals surface area contributed by atoms with Crippen LogP contribution in [0.25, 0.3) is 6.08 Å². The van der Waals surface area contributed by atoms with Crippen molar-refractivity contribution < 1.29 is 14.6 Å². The zero-order valence-corrected chi connectivity index (χ0v) is 17.2. The molecule has 1 fully saturated rings. The number of phenols is 1. The van der Waals surface area contributed by atoms with Gasteiger partial charge in [0.25, 0.3) is 5.91 Å². The van der Waals surface area contributed by atoms with Crippen LogP contribution in [0.2, 0.25) is 0 Å². The van der Waals surface area contributed by atoms with Gasteiger partial charge in [0.1, 0.15) is 0 Å². The molecule has 0 atom stereocenters. The fourth-order valence-corrected chi connectivity index (χ4v) is 4.06. The Morgan fingerprint density at radius 3 is 2.40 bits per heavy atom. The minimum Gasteiger partial charge on any atom is -0.504 e. The lowest BCUT2D eigenvalue weighted by atomic mass is 10.1. The van der Waals surface area contributed by atoms with Gasteiger partial charge in [-0.3, -0.25) is 9.69 Å². The first kappa shape index (κ1) is 19.8. The molecule has 0 aromatic heterocycles. The molecule has 1 amide bonds. The Labute approximate surface area is 179 Å². The van der Waals surface area contributed by atoms with E-state index in [4.69, 9.17) is 9.73 Å². The van der Waals surface area contributed by atoms with Crippen molar-refractivity contribution in [3.8, 4) is 11.5 Å². The molecule has 3 aromatic carbocycles. The molecule has 1 N–H and O–H groups in total. The van der Waals surface area contributed by atoms with Crippen molar-refractivity contribution in [2.45, 2.75) is 6.54 Å². The maximum Gasteiger partial charge on any atom is 0.267 e. The number of thioether (sulfide) groups is 1. The van der Waals surface area contributed by atoms with Gasteiger partial charge in [-0.25, -0.2) is 4.99 Å². The van der Waals surface area contributed by atoms with E-state index in [1.165, 1.54) is 18.9 Å². The van der Waals surface area contributed by atoms with Crippen molar-refractivity contribution in [3.05, 3.63) is 94.9 Å².